The van der Waals surface area contributed by atoms with E-state index in [-0.39, 0.29) is 18.4 Å². The van der Waals surface area contributed by atoms with Crippen LogP contribution in [0, 0.1) is 5.92 Å². The van der Waals surface area contributed by atoms with Crippen LogP contribution >= 0.6 is 11.3 Å². The summed E-state index contributed by atoms with van der Waals surface area (Å²) in [6, 6.07) is 3.30. The largest absolute Gasteiger partial charge is 0.459 e. The number of amides is 2. The van der Waals surface area contributed by atoms with Crippen LogP contribution in [0.1, 0.15) is 44.7 Å². The minimum Gasteiger partial charge on any atom is -0.459 e. The van der Waals surface area contributed by atoms with Crippen LogP contribution in [0.5, 0.6) is 0 Å². The topological polar surface area (TPSA) is 80.1 Å². The number of piperazine rings is 1. The average molecular weight is 416 g/mol. The highest BCUT2D eigenvalue weighted by Crippen LogP contribution is 2.33. The molecule has 0 bridgehead atoms. The lowest BCUT2D eigenvalue weighted by atomic mass is 9.88. The molecule has 7 nitrogen and oxygen atoms in total. The van der Waals surface area contributed by atoms with Crippen molar-refractivity contribution in [3.05, 3.63) is 45.5 Å². The number of carbonyl (C=O) groups excluding carboxylic acids is 3. The fourth-order valence-electron chi connectivity index (χ4n) is 3.86. The number of carbonyl (C=O) groups is 3. The molecule has 1 aliphatic heterocycles. The standard InChI is InChI=1S/C21H24N2O5S/c1-14-4-5-15-16(13-29-18(15)11-14)21(26)28-12-19(24)22-6-8-23(9-7-22)20(25)17-3-2-10-27-17/h2-3,10,13-14H,4-9,11-12H2,1H3. The average Bonchev–Trinajstić information content (AvgIpc) is 3.41. The number of rotatable bonds is 4. The molecule has 1 atom stereocenters. The summed E-state index contributed by atoms with van der Waals surface area (Å²) in [5.74, 6) is 0.111. The van der Waals surface area contributed by atoms with E-state index in [1.807, 2.05) is 5.38 Å². The second kappa shape index (κ2) is 8.41. The van der Waals surface area contributed by atoms with Crippen LogP contribution in [0.3, 0.4) is 0 Å². The summed E-state index contributed by atoms with van der Waals surface area (Å²) in [6.45, 7) is 3.63. The molecule has 1 saturated heterocycles. The maximum atomic E-state index is 12.5. The van der Waals surface area contributed by atoms with Crippen LogP contribution in [0.15, 0.2) is 28.2 Å². The monoisotopic (exact) mass is 416 g/mol. The zero-order valence-electron chi connectivity index (χ0n) is 16.4. The molecule has 29 heavy (non-hydrogen) atoms. The summed E-state index contributed by atoms with van der Waals surface area (Å²) in [4.78, 5) is 41.7. The molecule has 4 rings (SSSR count). The fraction of sp³-hybridized carbons (Fsp3) is 0.476. The van der Waals surface area contributed by atoms with Crippen LogP contribution in [0.2, 0.25) is 0 Å². The molecular weight excluding hydrogens is 392 g/mol. The first-order valence-electron chi connectivity index (χ1n) is 9.90. The van der Waals surface area contributed by atoms with Crippen molar-refractivity contribution >= 4 is 29.1 Å². The molecule has 2 aliphatic rings. The van der Waals surface area contributed by atoms with Gasteiger partial charge < -0.3 is 19.0 Å². The maximum Gasteiger partial charge on any atom is 0.339 e. The Kier molecular flexibility index (Phi) is 5.71. The van der Waals surface area contributed by atoms with Crippen molar-refractivity contribution in [2.24, 2.45) is 5.92 Å². The van der Waals surface area contributed by atoms with Crippen molar-refractivity contribution in [3.63, 3.8) is 0 Å². The minimum atomic E-state index is -0.419. The van der Waals surface area contributed by atoms with E-state index in [4.69, 9.17) is 9.15 Å². The van der Waals surface area contributed by atoms with Gasteiger partial charge in [-0.3, -0.25) is 9.59 Å². The lowest BCUT2D eigenvalue weighted by molar-refractivity contribution is -0.136. The third kappa shape index (κ3) is 4.22. The van der Waals surface area contributed by atoms with Crippen molar-refractivity contribution < 1.29 is 23.5 Å². The van der Waals surface area contributed by atoms with Gasteiger partial charge in [0.25, 0.3) is 11.8 Å². The normalized spacial score (nSPS) is 19.0. The number of ether oxygens (including phenoxy) is 1. The maximum absolute atomic E-state index is 12.5. The molecule has 1 aliphatic carbocycles. The van der Waals surface area contributed by atoms with E-state index in [1.54, 1.807) is 33.3 Å². The quantitative estimate of drug-likeness (QED) is 0.716. The Labute approximate surface area is 173 Å². The molecule has 8 heteroatoms. The number of hydrogen-bond donors (Lipinski definition) is 0. The zero-order valence-corrected chi connectivity index (χ0v) is 17.2. The number of nitrogens with zero attached hydrogens (tertiary/aromatic N) is 2. The van der Waals surface area contributed by atoms with Gasteiger partial charge in [0.2, 0.25) is 0 Å². The number of thiophene rings is 1. The van der Waals surface area contributed by atoms with E-state index in [2.05, 4.69) is 6.92 Å². The predicted octanol–water partition coefficient (Wildman–Crippen LogP) is 2.61. The Morgan fingerprint density at radius 2 is 1.97 bits per heavy atom. The molecule has 2 aromatic rings. The molecule has 0 saturated carbocycles. The number of furan rings is 1. The van der Waals surface area contributed by atoms with Crippen LogP contribution in [0.25, 0.3) is 0 Å². The van der Waals surface area contributed by atoms with Gasteiger partial charge in [0.05, 0.1) is 11.8 Å². The molecule has 0 aromatic carbocycles. The van der Waals surface area contributed by atoms with Gasteiger partial charge in [0.1, 0.15) is 0 Å². The molecule has 2 amide bonds. The lowest BCUT2D eigenvalue weighted by Gasteiger charge is -2.34. The highest BCUT2D eigenvalue weighted by molar-refractivity contribution is 7.10. The predicted molar refractivity (Wildman–Crippen MR) is 107 cm³/mol. The Bertz CT molecular complexity index is 896. The summed E-state index contributed by atoms with van der Waals surface area (Å²) in [5, 5.41) is 1.86. The lowest BCUT2D eigenvalue weighted by Crippen LogP contribution is -2.51. The van der Waals surface area contributed by atoms with Crippen LogP contribution in [-0.2, 0) is 22.4 Å². The van der Waals surface area contributed by atoms with Gasteiger partial charge >= 0.3 is 5.97 Å². The Morgan fingerprint density at radius 3 is 2.69 bits per heavy atom. The van der Waals surface area contributed by atoms with Gasteiger partial charge in [0, 0.05) is 36.4 Å². The second-order valence-electron chi connectivity index (χ2n) is 7.63. The summed E-state index contributed by atoms with van der Waals surface area (Å²) in [7, 11) is 0. The SMILES string of the molecule is CC1CCc2c(C(=O)OCC(=O)N3CCN(C(=O)c4ccco4)CC3)csc2C1. The Morgan fingerprint density at radius 1 is 1.21 bits per heavy atom. The summed E-state index contributed by atoms with van der Waals surface area (Å²) in [6.07, 6.45) is 4.44. The molecule has 3 heterocycles. The smallest absolute Gasteiger partial charge is 0.339 e. The van der Waals surface area contributed by atoms with Crippen LogP contribution in [-0.4, -0.2) is 60.4 Å². The zero-order chi connectivity index (χ0) is 20.4. The summed E-state index contributed by atoms with van der Waals surface area (Å²) in [5.41, 5.74) is 1.70. The van der Waals surface area contributed by atoms with E-state index in [0.717, 1.165) is 24.8 Å². The van der Waals surface area contributed by atoms with Gasteiger partial charge in [-0.1, -0.05) is 6.92 Å². The number of hydrogen-bond acceptors (Lipinski definition) is 6. The van der Waals surface area contributed by atoms with Crippen molar-refractivity contribution in [2.75, 3.05) is 32.8 Å². The third-order valence-corrected chi connectivity index (χ3v) is 6.65. The molecule has 2 aromatic heterocycles. The van der Waals surface area contributed by atoms with Gasteiger partial charge in [-0.2, -0.15) is 0 Å². The molecule has 0 radical (unpaired) electrons. The van der Waals surface area contributed by atoms with Crippen molar-refractivity contribution in [1.29, 1.82) is 0 Å². The highest BCUT2D eigenvalue weighted by atomic mass is 32.1. The van der Waals surface area contributed by atoms with E-state index in [9.17, 15) is 14.4 Å². The Balaban J connectivity index is 1.26. The fourth-order valence-corrected chi connectivity index (χ4v) is 5.09. The van der Waals surface area contributed by atoms with Gasteiger partial charge in [-0.15, -0.1) is 11.3 Å². The van der Waals surface area contributed by atoms with Gasteiger partial charge in [-0.05, 0) is 42.9 Å². The second-order valence-corrected chi connectivity index (χ2v) is 8.59. The first kappa shape index (κ1) is 19.7. The minimum absolute atomic E-state index is 0.176. The van der Waals surface area contributed by atoms with E-state index in [1.165, 1.54) is 11.1 Å². The number of esters is 1. The van der Waals surface area contributed by atoms with E-state index < -0.39 is 5.97 Å². The third-order valence-electron chi connectivity index (χ3n) is 5.60. The van der Waals surface area contributed by atoms with Crippen molar-refractivity contribution in [2.45, 2.75) is 26.2 Å². The first-order chi connectivity index (χ1) is 14.0. The van der Waals surface area contributed by atoms with Crippen molar-refractivity contribution in [3.8, 4) is 0 Å². The van der Waals surface area contributed by atoms with Crippen LogP contribution in [0.4, 0.5) is 0 Å². The summed E-state index contributed by atoms with van der Waals surface area (Å²) >= 11 is 1.61. The van der Waals surface area contributed by atoms with Crippen molar-refractivity contribution in [1.82, 2.24) is 9.80 Å². The molecule has 1 unspecified atom stereocenters. The molecular formula is C21H24N2O5S. The van der Waals surface area contributed by atoms with Gasteiger partial charge in [0.15, 0.2) is 12.4 Å². The molecule has 0 N–H and O–H groups in total. The Hall–Kier alpha value is -2.61. The van der Waals surface area contributed by atoms with Gasteiger partial charge in [-0.25, -0.2) is 4.79 Å². The molecule has 154 valence electrons. The van der Waals surface area contributed by atoms with E-state index >= 15 is 0 Å². The number of fused-ring (bicyclic) bond motifs is 1. The van der Waals surface area contributed by atoms with Crippen LogP contribution < -0.4 is 0 Å². The molecule has 1 fully saturated rings. The first-order valence-corrected chi connectivity index (χ1v) is 10.8. The highest BCUT2D eigenvalue weighted by Gasteiger charge is 2.28. The summed E-state index contributed by atoms with van der Waals surface area (Å²) < 4.78 is 10.4. The van der Waals surface area contributed by atoms with E-state index in [0.29, 0.717) is 43.4 Å². The molecule has 0 spiro atoms.